The van der Waals surface area contributed by atoms with Crippen molar-refractivity contribution in [2.75, 3.05) is 26.2 Å². The van der Waals surface area contributed by atoms with Gasteiger partial charge in [0.25, 0.3) is 11.6 Å². The molecule has 2 saturated heterocycles. The van der Waals surface area contributed by atoms with E-state index in [9.17, 15) is 14.9 Å². The predicted octanol–water partition coefficient (Wildman–Crippen LogP) is 2.63. The Labute approximate surface area is 169 Å². The van der Waals surface area contributed by atoms with Crippen molar-refractivity contribution in [2.45, 2.75) is 19.3 Å². The average Bonchev–Trinajstić information content (AvgIpc) is 3.29. The van der Waals surface area contributed by atoms with Crippen LogP contribution < -0.4 is 5.32 Å². The van der Waals surface area contributed by atoms with Gasteiger partial charge in [-0.15, -0.1) is 12.4 Å². The number of nitro groups is 1. The smallest absolute Gasteiger partial charge is 0.269 e. The maximum Gasteiger partial charge on any atom is 0.269 e. The van der Waals surface area contributed by atoms with Crippen LogP contribution in [0.15, 0.2) is 30.5 Å². The molecule has 28 heavy (non-hydrogen) atoms. The number of aryl methyl sites for hydroxylation is 1. The molecule has 0 bridgehead atoms. The number of carbonyl (C=O) groups is 1. The lowest BCUT2D eigenvalue weighted by molar-refractivity contribution is -0.384. The fourth-order valence-electron chi connectivity index (χ4n) is 4.18. The van der Waals surface area contributed by atoms with E-state index < -0.39 is 4.92 Å². The zero-order valence-corrected chi connectivity index (χ0v) is 16.6. The van der Waals surface area contributed by atoms with E-state index in [-0.39, 0.29) is 24.0 Å². The normalized spacial score (nSPS) is 18.1. The van der Waals surface area contributed by atoms with Crippen LogP contribution in [0.2, 0.25) is 0 Å². The van der Waals surface area contributed by atoms with Gasteiger partial charge in [0.05, 0.1) is 10.5 Å². The zero-order chi connectivity index (χ0) is 19.0. The second-order valence-electron chi connectivity index (χ2n) is 7.59. The molecule has 1 spiro atoms. The second kappa shape index (κ2) is 7.89. The van der Waals surface area contributed by atoms with Crippen molar-refractivity contribution in [3.63, 3.8) is 0 Å². The summed E-state index contributed by atoms with van der Waals surface area (Å²) in [5, 5.41) is 18.7. The number of piperidine rings is 1. The standard InChI is InChI=1S/C19H23N5O3.ClH/c1-22-12-16(17(21-22)14-2-4-15(5-3-14)24(26)27)18(25)23-10-7-19(8-11-23)6-9-20-13-19;/h2-5,12,20H,6-11,13H2,1H3;1H. The minimum atomic E-state index is -0.435. The highest BCUT2D eigenvalue weighted by molar-refractivity contribution is 5.99. The van der Waals surface area contributed by atoms with Crippen molar-refractivity contribution in [1.29, 1.82) is 0 Å². The van der Waals surface area contributed by atoms with Gasteiger partial charge in [-0.2, -0.15) is 5.10 Å². The molecule has 2 aliphatic heterocycles. The van der Waals surface area contributed by atoms with E-state index in [1.54, 1.807) is 30.1 Å². The third-order valence-electron chi connectivity index (χ3n) is 5.85. The molecule has 8 nitrogen and oxygen atoms in total. The van der Waals surface area contributed by atoms with Gasteiger partial charge in [0.1, 0.15) is 5.69 Å². The highest BCUT2D eigenvalue weighted by atomic mass is 35.5. The number of carbonyl (C=O) groups excluding carboxylic acids is 1. The molecule has 1 amide bonds. The number of halogens is 1. The molecule has 4 rings (SSSR count). The molecular weight excluding hydrogens is 382 g/mol. The molecule has 2 fully saturated rings. The fourth-order valence-corrected chi connectivity index (χ4v) is 4.18. The molecule has 0 aliphatic carbocycles. The summed E-state index contributed by atoms with van der Waals surface area (Å²) in [7, 11) is 1.78. The first-order valence-corrected chi connectivity index (χ1v) is 9.26. The largest absolute Gasteiger partial charge is 0.338 e. The number of aromatic nitrogens is 2. The summed E-state index contributed by atoms with van der Waals surface area (Å²) in [4.78, 5) is 25.5. The van der Waals surface area contributed by atoms with E-state index in [1.807, 2.05) is 4.90 Å². The van der Waals surface area contributed by atoms with E-state index in [0.717, 1.165) is 39.0 Å². The van der Waals surface area contributed by atoms with Gasteiger partial charge in [0, 0.05) is 50.6 Å². The maximum atomic E-state index is 13.1. The topological polar surface area (TPSA) is 93.3 Å². The van der Waals surface area contributed by atoms with E-state index >= 15 is 0 Å². The van der Waals surface area contributed by atoms with Crippen molar-refractivity contribution in [3.8, 4) is 11.3 Å². The lowest BCUT2D eigenvalue weighted by atomic mass is 9.78. The Morgan fingerprint density at radius 1 is 1.21 bits per heavy atom. The molecule has 1 N–H and O–H groups in total. The lowest BCUT2D eigenvalue weighted by Gasteiger charge is -2.38. The van der Waals surface area contributed by atoms with Gasteiger partial charge >= 0.3 is 0 Å². The predicted molar refractivity (Wildman–Crippen MR) is 108 cm³/mol. The van der Waals surface area contributed by atoms with Crippen LogP contribution in [0.3, 0.4) is 0 Å². The van der Waals surface area contributed by atoms with Crippen LogP contribution in [0.4, 0.5) is 5.69 Å². The molecule has 1 aromatic carbocycles. The number of hydrogen-bond donors (Lipinski definition) is 1. The summed E-state index contributed by atoms with van der Waals surface area (Å²) < 4.78 is 1.62. The number of benzene rings is 1. The number of rotatable bonds is 3. The summed E-state index contributed by atoms with van der Waals surface area (Å²) in [6, 6.07) is 6.17. The number of hydrogen-bond acceptors (Lipinski definition) is 5. The zero-order valence-electron chi connectivity index (χ0n) is 15.8. The Bertz CT molecular complexity index is 864. The first-order chi connectivity index (χ1) is 13.0. The minimum Gasteiger partial charge on any atom is -0.338 e. The van der Waals surface area contributed by atoms with Crippen molar-refractivity contribution < 1.29 is 9.72 Å². The number of likely N-dealkylation sites (tertiary alicyclic amines) is 1. The van der Waals surface area contributed by atoms with Crippen LogP contribution in [0.25, 0.3) is 11.3 Å². The molecule has 1 aromatic heterocycles. The molecule has 2 aromatic rings. The van der Waals surface area contributed by atoms with Crippen LogP contribution in [0.1, 0.15) is 29.6 Å². The van der Waals surface area contributed by atoms with Crippen LogP contribution in [0, 0.1) is 15.5 Å². The number of nitrogens with one attached hydrogen (secondary N) is 1. The number of non-ortho nitro benzene ring substituents is 1. The molecule has 0 saturated carbocycles. The van der Waals surface area contributed by atoms with E-state index in [4.69, 9.17) is 0 Å². The SMILES string of the molecule is Cl.Cn1cc(C(=O)N2CCC3(CCNC3)CC2)c(-c2ccc([N+](=O)[O-])cc2)n1. The molecule has 0 unspecified atom stereocenters. The van der Waals surface area contributed by atoms with Crippen molar-refractivity contribution in [3.05, 3.63) is 46.1 Å². The van der Waals surface area contributed by atoms with Crippen molar-refractivity contribution in [2.24, 2.45) is 12.5 Å². The van der Waals surface area contributed by atoms with E-state index in [0.29, 0.717) is 22.2 Å². The van der Waals surface area contributed by atoms with E-state index in [1.165, 1.54) is 18.6 Å². The molecule has 2 aliphatic rings. The van der Waals surface area contributed by atoms with Crippen LogP contribution >= 0.6 is 12.4 Å². The third kappa shape index (κ3) is 3.74. The molecular formula is C19H24ClN5O3. The first kappa shape index (κ1) is 20.3. The molecule has 0 atom stereocenters. The highest BCUT2D eigenvalue weighted by Gasteiger charge is 2.38. The number of nitro benzene ring substituents is 1. The second-order valence-corrected chi connectivity index (χ2v) is 7.59. The van der Waals surface area contributed by atoms with Crippen LogP contribution in [0.5, 0.6) is 0 Å². The highest BCUT2D eigenvalue weighted by Crippen LogP contribution is 2.37. The third-order valence-corrected chi connectivity index (χ3v) is 5.85. The molecule has 150 valence electrons. The molecule has 9 heteroatoms. The maximum absolute atomic E-state index is 13.1. The Morgan fingerprint density at radius 3 is 2.46 bits per heavy atom. The summed E-state index contributed by atoms with van der Waals surface area (Å²) in [6.45, 7) is 3.64. The first-order valence-electron chi connectivity index (χ1n) is 9.26. The summed E-state index contributed by atoms with van der Waals surface area (Å²) in [5.74, 6) is -0.0164. The van der Waals surface area contributed by atoms with Gasteiger partial charge in [-0.25, -0.2) is 0 Å². The Kier molecular flexibility index (Phi) is 5.71. The van der Waals surface area contributed by atoms with Crippen molar-refractivity contribution in [1.82, 2.24) is 20.0 Å². The monoisotopic (exact) mass is 405 g/mol. The van der Waals surface area contributed by atoms with Gasteiger partial charge in [0.2, 0.25) is 0 Å². The summed E-state index contributed by atoms with van der Waals surface area (Å²) >= 11 is 0. The number of nitrogens with zero attached hydrogens (tertiary/aromatic N) is 4. The van der Waals surface area contributed by atoms with Gasteiger partial charge < -0.3 is 10.2 Å². The quantitative estimate of drug-likeness (QED) is 0.625. The lowest BCUT2D eigenvalue weighted by Crippen LogP contribution is -2.44. The fraction of sp³-hybridized carbons (Fsp3) is 0.474. The number of amides is 1. The molecule has 0 radical (unpaired) electrons. The minimum absolute atomic E-state index is 0. The van der Waals surface area contributed by atoms with Gasteiger partial charge in [0.15, 0.2) is 0 Å². The van der Waals surface area contributed by atoms with E-state index in [2.05, 4.69) is 10.4 Å². The van der Waals surface area contributed by atoms with Crippen LogP contribution in [-0.4, -0.2) is 51.7 Å². The van der Waals surface area contributed by atoms with Gasteiger partial charge in [-0.05, 0) is 43.4 Å². The summed E-state index contributed by atoms with van der Waals surface area (Å²) in [6.07, 6.45) is 4.98. The average molecular weight is 406 g/mol. The van der Waals surface area contributed by atoms with Crippen LogP contribution in [-0.2, 0) is 7.05 Å². The molecule has 3 heterocycles. The summed E-state index contributed by atoms with van der Waals surface area (Å²) in [5.41, 5.74) is 2.20. The Balaban J connectivity index is 0.00000225. The van der Waals surface area contributed by atoms with Gasteiger partial charge in [-0.3, -0.25) is 19.6 Å². The Morgan fingerprint density at radius 2 is 1.89 bits per heavy atom. The van der Waals surface area contributed by atoms with Crippen molar-refractivity contribution >= 4 is 24.0 Å². The van der Waals surface area contributed by atoms with Gasteiger partial charge in [-0.1, -0.05) is 0 Å². The Hall–Kier alpha value is -2.45.